The number of para-hydroxylation sites is 1. The molecule has 1 atom stereocenters. The van der Waals surface area contributed by atoms with Crippen LogP contribution in [0.5, 0.6) is 5.75 Å². The van der Waals surface area contributed by atoms with Crippen LogP contribution >= 0.6 is 0 Å². The Morgan fingerprint density at radius 2 is 2.15 bits per heavy atom. The Morgan fingerprint density at radius 3 is 2.77 bits per heavy atom. The molecule has 0 radical (unpaired) electrons. The van der Waals surface area contributed by atoms with Crippen molar-refractivity contribution in [2.24, 2.45) is 0 Å². The second kappa shape index (κ2) is 9.38. The summed E-state index contributed by atoms with van der Waals surface area (Å²) in [5.41, 5.74) is 2.05. The van der Waals surface area contributed by atoms with Crippen molar-refractivity contribution < 1.29 is 19.4 Å². The summed E-state index contributed by atoms with van der Waals surface area (Å²) in [4.78, 5) is 27.6. The highest BCUT2D eigenvalue weighted by molar-refractivity contribution is 5.88. The Kier molecular flexibility index (Phi) is 7.21. The maximum Gasteiger partial charge on any atom is 0.303 e. The van der Waals surface area contributed by atoms with Gasteiger partial charge in [-0.2, -0.15) is 0 Å². The van der Waals surface area contributed by atoms with E-state index in [1.807, 2.05) is 18.3 Å². The third kappa shape index (κ3) is 5.08. The highest BCUT2D eigenvalue weighted by Crippen LogP contribution is 2.28. The lowest BCUT2D eigenvalue weighted by molar-refractivity contribution is -0.137. The molecule has 0 aliphatic carbocycles. The van der Waals surface area contributed by atoms with E-state index in [4.69, 9.17) is 9.84 Å². The SMILES string of the molecule is CCN(CCc1c[nH]c2c(OC(C=O)CCC(=O)O)cccc12)C(C)C. The Hall–Kier alpha value is -2.34. The van der Waals surface area contributed by atoms with E-state index in [0.717, 1.165) is 30.4 Å². The van der Waals surface area contributed by atoms with E-state index in [9.17, 15) is 9.59 Å². The molecule has 2 aromatic rings. The highest BCUT2D eigenvalue weighted by Gasteiger charge is 2.15. The number of H-pyrrole nitrogens is 1. The Bertz CT molecular complexity index is 738. The zero-order valence-electron chi connectivity index (χ0n) is 15.7. The number of nitrogens with zero attached hydrogens (tertiary/aromatic N) is 1. The molecular weight excluding hydrogens is 332 g/mol. The summed E-state index contributed by atoms with van der Waals surface area (Å²) in [6, 6.07) is 6.24. The number of likely N-dealkylation sites (N-methyl/N-ethyl adjacent to an activating group) is 1. The number of aromatic amines is 1. The van der Waals surface area contributed by atoms with Gasteiger partial charge in [-0.1, -0.05) is 19.1 Å². The van der Waals surface area contributed by atoms with Crippen molar-refractivity contribution in [2.75, 3.05) is 13.1 Å². The molecule has 1 unspecified atom stereocenters. The smallest absolute Gasteiger partial charge is 0.303 e. The fraction of sp³-hybridized carbons (Fsp3) is 0.500. The van der Waals surface area contributed by atoms with E-state index in [-0.39, 0.29) is 12.8 Å². The third-order valence-corrected chi connectivity index (χ3v) is 4.64. The number of hydrogen-bond acceptors (Lipinski definition) is 4. The lowest BCUT2D eigenvalue weighted by Crippen LogP contribution is -2.32. The number of aliphatic carboxylic acids is 1. The third-order valence-electron chi connectivity index (χ3n) is 4.64. The molecule has 6 heteroatoms. The fourth-order valence-electron chi connectivity index (χ4n) is 3.12. The number of carbonyl (C=O) groups excluding carboxylic acids is 1. The van der Waals surface area contributed by atoms with Crippen molar-refractivity contribution in [3.05, 3.63) is 30.0 Å². The van der Waals surface area contributed by atoms with E-state index >= 15 is 0 Å². The van der Waals surface area contributed by atoms with E-state index in [1.54, 1.807) is 6.07 Å². The summed E-state index contributed by atoms with van der Waals surface area (Å²) in [6.45, 7) is 8.54. The fourth-order valence-corrected chi connectivity index (χ4v) is 3.12. The number of rotatable bonds is 11. The molecule has 0 amide bonds. The number of fused-ring (bicyclic) bond motifs is 1. The zero-order chi connectivity index (χ0) is 19.1. The lowest BCUT2D eigenvalue weighted by atomic mass is 10.1. The Balaban J connectivity index is 2.14. The van der Waals surface area contributed by atoms with Crippen LogP contribution in [0.2, 0.25) is 0 Å². The van der Waals surface area contributed by atoms with Gasteiger partial charge in [-0.25, -0.2) is 0 Å². The van der Waals surface area contributed by atoms with Crippen LogP contribution in [0.4, 0.5) is 0 Å². The summed E-state index contributed by atoms with van der Waals surface area (Å²) in [6.07, 6.45) is 2.86. The molecular formula is C20H28N2O4. The topological polar surface area (TPSA) is 82.6 Å². The van der Waals surface area contributed by atoms with Gasteiger partial charge in [-0.15, -0.1) is 0 Å². The summed E-state index contributed by atoms with van der Waals surface area (Å²) in [5, 5.41) is 9.85. The van der Waals surface area contributed by atoms with Crippen molar-refractivity contribution in [3.63, 3.8) is 0 Å². The molecule has 1 aromatic heterocycles. The molecule has 0 aliphatic heterocycles. The number of carboxylic acid groups (broad SMARTS) is 1. The minimum Gasteiger partial charge on any atom is -0.481 e. The molecule has 1 heterocycles. The molecule has 1 aromatic carbocycles. The van der Waals surface area contributed by atoms with Gasteiger partial charge >= 0.3 is 5.97 Å². The maximum atomic E-state index is 11.2. The van der Waals surface area contributed by atoms with Crippen LogP contribution in [-0.2, 0) is 16.0 Å². The van der Waals surface area contributed by atoms with Crippen molar-refractivity contribution in [1.29, 1.82) is 0 Å². The molecule has 6 nitrogen and oxygen atoms in total. The van der Waals surface area contributed by atoms with Gasteiger partial charge in [0, 0.05) is 37.0 Å². The summed E-state index contributed by atoms with van der Waals surface area (Å²) in [7, 11) is 0. The van der Waals surface area contributed by atoms with Gasteiger partial charge in [-0.3, -0.25) is 9.59 Å². The summed E-state index contributed by atoms with van der Waals surface area (Å²) in [5.74, 6) is -0.362. The van der Waals surface area contributed by atoms with Crippen molar-refractivity contribution >= 4 is 23.2 Å². The first kappa shape index (κ1) is 20.0. The number of carboxylic acids is 1. The summed E-state index contributed by atoms with van der Waals surface area (Å²) < 4.78 is 5.75. The van der Waals surface area contributed by atoms with Crippen LogP contribution in [0.25, 0.3) is 10.9 Å². The number of nitrogens with one attached hydrogen (secondary N) is 1. The molecule has 0 spiro atoms. The van der Waals surface area contributed by atoms with Gasteiger partial charge in [0.15, 0.2) is 12.4 Å². The van der Waals surface area contributed by atoms with Crippen LogP contribution in [0.3, 0.4) is 0 Å². The van der Waals surface area contributed by atoms with Gasteiger partial charge < -0.3 is 19.7 Å². The Morgan fingerprint density at radius 1 is 1.38 bits per heavy atom. The predicted molar refractivity (Wildman–Crippen MR) is 102 cm³/mol. The van der Waals surface area contributed by atoms with Crippen molar-refractivity contribution in [3.8, 4) is 5.75 Å². The minimum atomic E-state index is -0.938. The van der Waals surface area contributed by atoms with Crippen LogP contribution in [-0.4, -0.2) is 52.5 Å². The number of hydrogen-bond donors (Lipinski definition) is 2. The van der Waals surface area contributed by atoms with Crippen molar-refractivity contribution in [1.82, 2.24) is 9.88 Å². The normalized spacial score (nSPS) is 12.7. The maximum absolute atomic E-state index is 11.2. The first-order valence-corrected chi connectivity index (χ1v) is 9.13. The molecule has 0 fully saturated rings. The van der Waals surface area contributed by atoms with E-state index in [1.165, 1.54) is 5.56 Å². The average molecular weight is 360 g/mol. The van der Waals surface area contributed by atoms with Gasteiger partial charge in [-0.05, 0) is 38.4 Å². The molecule has 2 rings (SSSR count). The quantitative estimate of drug-likeness (QED) is 0.601. The number of benzene rings is 1. The van der Waals surface area contributed by atoms with Gasteiger partial charge in [0.1, 0.15) is 5.75 Å². The lowest BCUT2D eigenvalue weighted by Gasteiger charge is -2.24. The second-order valence-electron chi connectivity index (χ2n) is 6.69. The second-order valence-corrected chi connectivity index (χ2v) is 6.69. The van der Waals surface area contributed by atoms with Gasteiger partial charge in [0.2, 0.25) is 0 Å². The number of aldehydes is 1. The number of ether oxygens (including phenoxy) is 1. The molecule has 0 aliphatic rings. The molecule has 142 valence electrons. The first-order valence-electron chi connectivity index (χ1n) is 9.13. The molecule has 0 bridgehead atoms. The standard InChI is InChI=1S/C20H28N2O4/c1-4-22(14(2)3)11-10-15-12-21-20-17(15)6-5-7-18(20)26-16(13-23)8-9-19(24)25/h5-7,12-14,16,21H,4,8-11H2,1-3H3,(H,24,25). The van der Waals surface area contributed by atoms with Crippen LogP contribution in [0, 0.1) is 0 Å². The largest absolute Gasteiger partial charge is 0.481 e. The van der Waals surface area contributed by atoms with E-state index in [2.05, 4.69) is 30.7 Å². The molecule has 2 N–H and O–H groups in total. The zero-order valence-corrected chi connectivity index (χ0v) is 15.7. The highest BCUT2D eigenvalue weighted by atomic mass is 16.5. The van der Waals surface area contributed by atoms with Gasteiger partial charge in [0.05, 0.1) is 5.52 Å². The van der Waals surface area contributed by atoms with Crippen LogP contribution in [0.1, 0.15) is 39.2 Å². The van der Waals surface area contributed by atoms with Crippen molar-refractivity contribution in [2.45, 2.75) is 52.2 Å². The van der Waals surface area contributed by atoms with E-state index in [0.29, 0.717) is 18.1 Å². The monoisotopic (exact) mass is 360 g/mol. The molecule has 0 saturated carbocycles. The first-order chi connectivity index (χ1) is 12.5. The number of carbonyl (C=O) groups is 2. The van der Waals surface area contributed by atoms with Crippen LogP contribution in [0.15, 0.2) is 24.4 Å². The predicted octanol–water partition coefficient (Wildman–Crippen LogP) is 3.25. The van der Waals surface area contributed by atoms with Crippen LogP contribution < -0.4 is 4.74 Å². The number of aromatic nitrogens is 1. The Labute approximate surface area is 154 Å². The molecule has 26 heavy (non-hydrogen) atoms. The molecule has 0 saturated heterocycles. The minimum absolute atomic E-state index is 0.0998. The summed E-state index contributed by atoms with van der Waals surface area (Å²) >= 11 is 0. The van der Waals surface area contributed by atoms with Gasteiger partial charge in [0.25, 0.3) is 0 Å². The van der Waals surface area contributed by atoms with E-state index < -0.39 is 12.1 Å². The average Bonchev–Trinajstić information content (AvgIpc) is 3.02.